The van der Waals surface area contributed by atoms with Gasteiger partial charge >= 0.3 is 0 Å². The van der Waals surface area contributed by atoms with Crippen molar-refractivity contribution in [1.29, 1.82) is 0 Å². The van der Waals surface area contributed by atoms with E-state index in [2.05, 4.69) is 32.0 Å². The standard InChI is InChI=1S/C12H16.C11H22O2/c1-2-3-4-5-6-10-9-11-7-8-12(10)11;1-2-3-4-5-6-7-11-10-12-8-9-13-11/h7-9H,2-6H2,1H3;11H,2-10H2,1H3. The highest BCUT2D eigenvalue weighted by Gasteiger charge is 2.12. The molecular formula is C23H38O2. The molecule has 2 aliphatic carbocycles. The highest BCUT2D eigenvalue weighted by molar-refractivity contribution is 5.33. The van der Waals surface area contributed by atoms with Crippen LogP contribution in [0, 0.1) is 10.4 Å². The zero-order valence-corrected chi connectivity index (χ0v) is 16.5. The lowest BCUT2D eigenvalue weighted by Crippen LogP contribution is -2.28. The molecule has 25 heavy (non-hydrogen) atoms. The first-order valence-corrected chi connectivity index (χ1v) is 10.7. The number of ether oxygens (including phenoxy) is 2. The fourth-order valence-corrected chi connectivity index (χ4v) is 3.50. The predicted octanol–water partition coefficient (Wildman–Crippen LogP) is 6.17. The molecule has 0 aromatic rings. The molecule has 142 valence electrons. The van der Waals surface area contributed by atoms with Crippen molar-refractivity contribution in [2.45, 2.75) is 90.6 Å². The van der Waals surface area contributed by atoms with E-state index >= 15 is 0 Å². The van der Waals surface area contributed by atoms with E-state index in [9.17, 15) is 0 Å². The molecule has 2 heteroatoms. The van der Waals surface area contributed by atoms with Crippen molar-refractivity contribution in [3.63, 3.8) is 0 Å². The summed E-state index contributed by atoms with van der Waals surface area (Å²) in [5, 5.41) is 3.03. The van der Waals surface area contributed by atoms with Crippen LogP contribution in [0.5, 0.6) is 0 Å². The van der Waals surface area contributed by atoms with E-state index in [1.165, 1.54) is 75.8 Å². The Morgan fingerprint density at radius 1 is 0.880 bits per heavy atom. The van der Waals surface area contributed by atoms with Gasteiger partial charge in [0.2, 0.25) is 0 Å². The molecule has 0 amide bonds. The summed E-state index contributed by atoms with van der Waals surface area (Å²) in [4.78, 5) is 0. The third kappa shape index (κ3) is 7.50. The first-order valence-electron chi connectivity index (χ1n) is 10.7. The lowest BCUT2D eigenvalue weighted by atomic mass is 9.95. The molecule has 1 saturated heterocycles. The van der Waals surface area contributed by atoms with Crippen molar-refractivity contribution < 1.29 is 9.47 Å². The van der Waals surface area contributed by atoms with Gasteiger partial charge in [0.25, 0.3) is 0 Å². The van der Waals surface area contributed by atoms with Crippen LogP contribution < -0.4 is 0 Å². The van der Waals surface area contributed by atoms with Crippen molar-refractivity contribution in [3.05, 3.63) is 34.2 Å². The third-order valence-electron chi connectivity index (χ3n) is 5.23. The Hall–Kier alpha value is -0.860. The van der Waals surface area contributed by atoms with Gasteiger partial charge in [-0.2, -0.15) is 0 Å². The summed E-state index contributed by atoms with van der Waals surface area (Å²) in [5.41, 5.74) is 1.60. The molecule has 0 spiro atoms. The van der Waals surface area contributed by atoms with Crippen molar-refractivity contribution in [3.8, 4) is 0 Å². The van der Waals surface area contributed by atoms with Crippen molar-refractivity contribution in [1.82, 2.24) is 0 Å². The van der Waals surface area contributed by atoms with Crippen LogP contribution in [0.15, 0.2) is 18.2 Å². The number of hydrogen-bond donors (Lipinski definition) is 0. The van der Waals surface area contributed by atoms with Crippen molar-refractivity contribution >= 4 is 0 Å². The zero-order chi connectivity index (χ0) is 17.7. The topological polar surface area (TPSA) is 18.5 Å². The fraction of sp³-hybridized carbons (Fsp3) is 0.739. The summed E-state index contributed by atoms with van der Waals surface area (Å²) in [6, 6.07) is 6.77. The van der Waals surface area contributed by atoms with E-state index in [0.717, 1.165) is 19.8 Å². The van der Waals surface area contributed by atoms with E-state index in [1.807, 2.05) is 0 Å². The summed E-state index contributed by atoms with van der Waals surface area (Å²) in [6.07, 6.45) is 15.1. The quantitative estimate of drug-likeness (QED) is 0.453. The maximum Gasteiger partial charge on any atom is 0.0809 e. The average molecular weight is 347 g/mol. The molecule has 2 nitrogen and oxygen atoms in total. The molecule has 1 unspecified atom stereocenters. The Morgan fingerprint density at radius 3 is 2.20 bits per heavy atom. The number of aryl methyl sites for hydroxylation is 1. The Bertz CT molecular complexity index is 546. The molecule has 1 aliphatic heterocycles. The Balaban J connectivity index is 0.000000181. The summed E-state index contributed by atoms with van der Waals surface area (Å²) in [7, 11) is 0. The van der Waals surface area contributed by atoms with E-state index in [-0.39, 0.29) is 0 Å². The molecule has 3 aliphatic rings. The van der Waals surface area contributed by atoms with Crippen LogP contribution in [-0.4, -0.2) is 25.9 Å². The molecule has 1 fully saturated rings. The van der Waals surface area contributed by atoms with Gasteiger partial charge in [-0.15, -0.1) is 0 Å². The molecule has 0 aromatic heterocycles. The monoisotopic (exact) mass is 346 g/mol. The van der Waals surface area contributed by atoms with Crippen LogP contribution >= 0.6 is 0 Å². The molecule has 1 atom stereocenters. The van der Waals surface area contributed by atoms with E-state index < -0.39 is 0 Å². The molecule has 0 aromatic carbocycles. The van der Waals surface area contributed by atoms with E-state index in [1.54, 1.807) is 10.8 Å². The van der Waals surface area contributed by atoms with Crippen LogP contribution in [0.1, 0.15) is 83.6 Å². The molecule has 0 bridgehead atoms. The molecule has 0 radical (unpaired) electrons. The second kappa shape index (κ2) is 12.5. The normalized spacial score (nSPS) is 17.8. The molecule has 0 N–H and O–H groups in total. The maximum absolute atomic E-state index is 5.56. The lowest BCUT2D eigenvalue weighted by Gasteiger charge is -2.22. The minimum atomic E-state index is 0.385. The predicted molar refractivity (Wildman–Crippen MR) is 106 cm³/mol. The highest BCUT2D eigenvalue weighted by Crippen LogP contribution is 2.18. The van der Waals surface area contributed by atoms with Gasteiger partial charge in [0.15, 0.2) is 0 Å². The first-order chi connectivity index (χ1) is 12.3. The maximum atomic E-state index is 5.56. The average Bonchev–Trinajstić information content (AvgIpc) is 2.63. The van der Waals surface area contributed by atoms with Gasteiger partial charge in [0.1, 0.15) is 0 Å². The lowest BCUT2D eigenvalue weighted by molar-refractivity contribution is -0.0912. The minimum Gasteiger partial charge on any atom is -0.376 e. The number of unbranched alkanes of at least 4 members (excludes halogenated alkanes) is 7. The van der Waals surface area contributed by atoms with Crippen LogP contribution in [0.4, 0.5) is 0 Å². The largest absolute Gasteiger partial charge is 0.376 e. The fourth-order valence-electron chi connectivity index (χ4n) is 3.50. The second-order valence-electron chi connectivity index (χ2n) is 7.45. The van der Waals surface area contributed by atoms with Crippen LogP contribution in [-0.2, 0) is 15.9 Å². The van der Waals surface area contributed by atoms with Gasteiger partial charge in [0.05, 0.1) is 25.9 Å². The summed E-state index contributed by atoms with van der Waals surface area (Å²) in [6.45, 7) is 6.90. The molecule has 0 saturated carbocycles. The summed E-state index contributed by atoms with van der Waals surface area (Å²) < 4.78 is 10.9. The van der Waals surface area contributed by atoms with Crippen LogP contribution in [0.3, 0.4) is 0 Å². The third-order valence-corrected chi connectivity index (χ3v) is 5.23. The molecule has 3 rings (SSSR count). The molecule has 1 heterocycles. The smallest absolute Gasteiger partial charge is 0.0809 e. The van der Waals surface area contributed by atoms with Crippen LogP contribution in [0.25, 0.3) is 0 Å². The molecular weight excluding hydrogens is 308 g/mol. The Morgan fingerprint density at radius 2 is 1.64 bits per heavy atom. The van der Waals surface area contributed by atoms with Crippen molar-refractivity contribution in [2.75, 3.05) is 19.8 Å². The van der Waals surface area contributed by atoms with E-state index in [0.29, 0.717) is 6.10 Å². The Labute approximate surface area is 154 Å². The summed E-state index contributed by atoms with van der Waals surface area (Å²) in [5.74, 6) is 0. The van der Waals surface area contributed by atoms with Crippen LogP contribution in [0.2, 0.25) is 0 Å². The Kier molecular flexibility index (Phi) is 10.2. The second-order valence-corrected chi connectivity index (χ2v) is 7.45. The SMILES string of the molecule is CCCCCCCC1COCCO1.CCCCCCc1cc2ccc1=2. The number of benzene rings is 1. The van der Waals surface area contributed by atoms with Gasteiger partial charge < -0.3 is 9.47 Å². The van der Waals surface area contributed by atoms with Gasteiger partial charge in [0, 0.05) is 0 Å². The van der Waals surface area contributed by atoms with E-state index in [4.69, 9.17) is 9.47 Å². The number of rotatable bonds is 11. The summed E-state index contributed by atoms with van der Waals surface area (Å²) >= 11 is 0. The van der Waals surface area contributed by atoms with Gasteiger partial charge in [-0.3, -0.25) is 0 Å². The van der Waals surface area contributed by atoms with Gasteiger partial charge in [-0.25, -0.2) is 0 Å². The number of hydrogen-bond acceptors (Lipinski definition) is 2. The zero-order valence-electron chi connectivity index (χ0n) is 16.5. The minimum absolute atomic E-state index is 0.385. The first kappa shape index (κ1) is 20.5. The van der Waals surface area contributed by atoms with Crippen molar-refractivity contribution in [2.24, 2.45) is 0 Å². The van der Waals surface area contributed by atoms with Gasteiger partial charge in [-0.1, -0.05) is 83.4 Å². The highest BCUT2D eigenvalue weighted by atomic mass is 16.6. The van der Waals surface area contributed by atoms with Gasteiger partial charge in [-0.05, 0) is 35.3 Å².